The van der Waals surface area contributed by atoms with E-state index in [-0.39, 0.29) is 5.69 Å². The zero-order chi connectivity index (χ0) is 15.1. The van der Waals surface area contributed by atoms with E-state index in [1.54, 1.807) is 22.8 Å². The van der Waals surface area contributed by atoms with E-state index in [2.05, 4.69) is 4.98 Å². The monoisotopic (exact) mass is 340 g/mol. The van der Waals surface area contributed by atoms with E-state index < -0.39 is 5.97 Å². The maximum atomic E-state index is 11.4. The highest BCUT2D eigenvalue weighted by molar-refractivity contribution is 7.18. The Labute approximate surface area is 134 Å². The van der Waals surface area contributed by atoms with Gasteiger partial charge in [0.05, 0.1) is 15.1 Å². The molecule has 2 aromatic heterocycles. The highest BCUT2D eigenvalue weighted by Gasteiger charge is 2.18. The predicted molar refractivity (Wildman–Crippen MR) is 84.9 cm³/mol. The zero-order valence-corrected chi connectivity index (χ0v) is 13.3. The molecule has 0 aliphatic heterocycles. The molecule has 0 aliphatic rings. The Bertz CT molecular complexity index is 854. The molecule has 7 heteroatoms. The topological polar surface area (TPSA) is 55.1 Å². The normalized spacial score (nSPS) is 11.2. The summed E-state index contributed by atoms with van der Waals surface area (Å²) in [6.45, 7) is 2.30. The lowest BCUT2D eigenvalue weighted by atomic mass is 10.2. The summed E-state index contributed by atoms with van der Waals surface area (Å²) in [5.74, 6) is -0.974. The number of benzene rings is 1. The molecule has 0 radical (unpaired) electrons. The molecule has 0 fully saturated rings. The largest absolute Gasteiger partial charge is 0.477 e. The van der Waals surface area contributed by atoms with Crippen molar-refractivity contribution in [3.8, 4) is 0 Å². The number of carbonyl (C=O) groups is 1. The van der Waals surface area contributed by atoms with Crippen molar-refractivity contribution in [1.82, 2.24) is 9.55 Å². The third-order valence-electron chi connectivity index (χ3n) is 3.09. The molecule has 21 heavy (non-hydrogen) atoms. The summed E-state index contributed by atoms with van der Waals surface area (Å²) in [6.07, 6.45) is 0. The number of thiazole rings is 1. The number of rotatable bonds is 3. The first-order valence-corrected chi connectivity index (χ1v) is 7.67. The van der Waals surface area contributed by atoms with Gasteiger partial charge in [-0.05, 0) is 30.7 Å². The minimum Gasteiger partial charge on any atom is -0.477 e. The Hall–Kier alpha value is -1.56. The van der Waals surface area contributed by atoms with Gasteiger partial charge in [-0.15, -0.1) is 11.3 Å². The highest BCUT2D eigenvalue weighted by atomic mass is 35.5. The Morgan fingerprint density at radius 3 is 2.76 bits per heavy atom. The summed E-state index contributed by atoms with van der Waals surface area (Å²) >= 11 is 13.4. The summed E-state index contributed by atoms with van der Waals surface area (Å²) in [5.41, 5.74) is 1.81. The minimum absolute atomic E-state index is 0.217. The van der Waals surface area contributed by atoms with E-state index in [0.29, 0.717) is 22.1 Å². The summed E-state index contributed by atoms with van der Waals surface area (Å²) in [5, 5.41) is 11.2. The van der Waals surface area contributed by atoms with Crippen LogP contribution < -0.4 is 0 Å². The molecule has 0 saturated heterocycles. The lowest BCUT2D eigenvalue weighted by Crippen LogP contribution is -2.08. The van der Waals surface area contributed by atoms with Crippen molar-refractivity contribution in [2.75, 3.05) is 0 Å². The molecule has 1 N–H and O–H groups in total. The maximum Gasteiger partial charge on any atom is 0.352 e. The van der Waals surface area contributed by atoms with Gasteiger partial charge < -0.3 is 9.67 Å². The van der Waals surface area contributed by atoms with Crippen molar-refractivity contribution in [3.63, 3.8) is 0 Å². The molecule has 2 heterocycles. The number of aromatic nitrogens is 2. The van der Waals surface area contributed by atoms with E-state index in [9.17, 15) is 9.90 Å². The van der Waals surface area contributed by atoms with Gasteiger partial charge in [-0.3, -0.25) is 0 Å². The summed E-state index contributed by atoms with van der Waals surface area (Å²) in [7, 11) is 0. The van der Waals surface area contributed by atoms with Gasteiger partial charge in [0.25, 0.3) is 0 Å². The van der Waals surface area contributed by atoms with Gasteiger partial charge in [-0.2, -0.15) is 0 Å². The molecule has 0 saturated carbocycles. The van der Waals surface area contributed by atoms with Crippen LogP contribution in [-0.4, -0.2) is 20.6 Å². The van der Waals surface area contributed by atoms with Crippen molar-refractivity contribution in [2.45, 2.75) is 13.5 Å². The third-order valence-corrected chi connectivity index (χ3v) is 4.84. The van der Waals surface area contributed by atoms with Crippen LogP contribution in [0.2, 0.25) is 10.0 Å². The van der Waals surface area contributed by atoms with Gasteiger partial charge in [0, 0.05) is 6.54 Å². The maximum absolute atomic E-state index is 11.4. The number of halogens is 2. The van der Waals surface area contributed by atoms with E-state index >= 15 is 0 Å². The van der Waals surface area contributed by atoms with Gasteiger partial charge in [0.15, 0.2) is 0 Å². The van der Waals surface area contributed by atoms with Crippen molar-refractivity contribution in [2.24, 2.45) is 0 Å². The minimum atomic E-state index is -0.974. The SMILES string of the molecule is Cc1nc2cc(C(=O)O)n(Cc3ccc(Cl)c(Cl)c3)c2s1. The van der Waals surface area contributed by atoms with Crippen LogP contribution in [0.1, 0.15) is 21.1 Å². The van der Waals surface area contributed by atoms with Gasteiger partial charge in [0.2, 0.25) is 0 Å². The fourth-order valence-corrected chi connectivity index (χ4v) is 3.42. The molecule has 0 aliphatic carbocycles. The van der Waals surface area contributed by atoms with Gasteiger partial charge >= 0.3 is 5.97 Å². The number of hydrogen-bond donors (Lipinski definition) is 1. The molecule has 108 valence electrons. The van der Waals surface area contributed by atoms with Crippen LogP contribution in [0.5, 0.6) is 0 Å². The molecule has 0 unspecified atom stereocenters. The lowest BCUT2D eigenvalue weighted by Gasteiger charge is -2.08. The van der Waals surface area contributed by atoms with Crippen LogP contribution in [-0.2, 0) is 6.54 Å². The third kappa shape index (κ3) is 2.64. The predicted octanol–water partition coefficient (Wildman–Crippen LogP) is 4.46. The Morgan fingerprint density at radius 2 is 2.10 bits per heavy atom. The van der Waals surface area contributed by atoms with Crippen LogP contribution >= 0.6 is 34.5 Å². The first-order valence-electron chi connectivity index (χ1n) is 6.09. The fraction of sp³-hybridized carbons (Fsp3) is 0.143. The highest BCUT2D eigenvalue weighted by Crippen LogP contribution is 2.28. The molecule has 0 spiro atoms. The van der Waals surface area contributed by atoms with Crippen LogP contribution in [0.15, 0.2) is 24.3 Å². The summed E-state index contributed by atoms with van der Waals surface area (Å²) in [6, 6.07) is 6.88. The Morgan fingerprint density at radius 1 is 1.33 bits per heavy atom. The molecule has 4 nitrogen and oxygen atoms in total. The standard InChI is InChI=1S/C14H10Cl2N2O2S/c1-7-17-11-5-12(14(19)20)18(13(11)21-7)6-8-2-3-9(15)10(16)4-8/h2-5H,6H2,1H3,(H,19,20). The number of hydrogen-bond acceptors (Lipinski definition) is 3. The zero-order valence-electron chi connectivity index (χ0n) is 10.9. The Balaban J connectivity index is 2.11. The van der Waals surface area contributed by atoms with E-state index in [0.717, 1.165) is 15.4 Å². The number of carboxylic acid groups (broad SMARTS) is 1. The molecule has 3 rings (SSSR count). The molecule has 3 aromatic rings. The van der Waals surface area contributed by atoms with Gasteiger partial charge in [0.1, 0.15) is 16.0 Å². The average molecular weight is 341 g/mol. The van der Waals surface area contributed by atoms with E-state index in [1.165, 1.54) is 11.3 Å². The van der Waals surface area contributed by atoms with Gasteiger partial charge in [-0.25, -0.2) is 9.78 Å². The van der Waals surface area contributed by atoms with Crippen molar-refractivity contribution < 1.29 is 9.90 Å². The number of nitrogens with zero attached hydrogens (tertiary/aromatic N) is 2. The summed E-state index contributed by atoms with van der Waals surface area (Å²) < 4.78 is 1.74. The fourth-order valence-electron chi connectivity index (χ4n) is 2.19. The second kappa shape index (κ2) is 5.33. The quantitative estimate of drug-likeness (QED) is 0.765. The van der Waals surface area contributed by atoms with Crippen molar-refractivity contribution in [3.05, 3.63) is 50.6 Å². The summed E-state index contributed by atoms with van der Waals surface area (Å²) in [4.78, 5) is 16.6. The lowest BCUT2D eigenvalue weighted by molar-refractivity contribution is 0.0686. The van der Waals surface area contributed by atoms with Crippen LogP contribution in [0.25, 0.3) is 10.3 Å². The number of aryl methyl sites for hydroxylation is 1. The van der Waals surface area contributed by atoms with E-state index in [1.807, 2.05) is 13.0 Å². The second-order valence-corrected chi connectivity index (χ2v) is 6.59. The Kier molecular flexibility index (Phi) is 3.65. The van der Waals surface area contributed by atoms with Crippen LogP contribution in [0.4, 0.5) is 0 Å². The average Bonchev–Trinajstić information content (AvgIpc) is 2.92. The van der Waals surface area contributed by atoms with E-state index in [4.69, 9.17) is 23.2 Å². The first kappa shape index (κ1) is 14.4. The van der Waals surface area contributed by atoms with Crippen LogP contribution in [0.3, 0.4) is 0 Å². The molecular weight excluding hydrogens is 331 g/mol. The smallest absolute Gasteiger partial charge is 0.352 e. The molecule has 0 amide bonds. The molecule has 0 bridgehead atoms. The van der Waals surface area contributed by atoms with Crippen LogP contribution in [0, 0.1) is 6.92 Å². The second-order valence-electron chi connectivity index (χ2n) is 4.59. The number of fused-ring (bicyclic) bond motifs is 1. The van der Waals surface area contributed by atoms with Crippen molar-refractivity contribution >= 4 is 50.9 Å². The molecule has 1 aromatic carbocycles. The van der Waals surface area contributed by atoms with Crippen molar-refractivity contribution in [1.29, 1.82) is 0 Å². The molecular formula is C14H10Cl2N2O2S. The first-order chi connectivity index (χ1) is 9.95. The number of carboxylic acids is 1. The van der Waals surface area contributed by atoms with Gasteiger partial charge in [-0.1, -0.05) is 29.3 Å². The number of aromatic carboxylic acids is 1. The molecule has 0 atom stereocenters.